The molecule has 0 aromatic carbocycles. The standard InChI is InChI=1S/C11H21N/c1-8(2)12-7-6-10-9(3)4-5-11(10)12/h8-11H,4-7H2,1-3H3. The Labute approximate surface area is 76.1 Å². The summed E-state index contributed by atoms with van der Waals surface area (Å²) >= 11 is 0. The first kappa shape index (κ1) is 8.55. The van der Waals surface area contributed by atoms with Gasteiger partial charge in [-0.15, -0.1) is 0 Å². The third-order valence-corrected chi connectivity index (χ3v) is 3.95. The van der Waals surface area contributed by atoms with E-state index in [9.17, 15) is 0 Å². The van der Waals surface area contributed by atoms with Crippen molar-refractivity contribution in [2.24, 2.45) is 11.8 Å². The van der Waals surface area contributed by atoms with Crippen LogP contribution in [0.15, 0.2) is 0 Å². The zero-order valence-corrected chi connectivity index (χ0v) is 8.59. The number of nitrogens with zero attached hydrogens (tertiary/aromatic N) is 1. The van der Waals surface area contributed by atoms with E-state index in [1.807, 2.05) is 0 Å². The van der Waals surface area contributed by atoms with Gasteiger partial charge in [-0.2, -0.15) is 0 Å². The molecule has 70 valence electrons. The molecule has 2 rings (SSSR count). The normalized spacial score (nSPS) is 42.5. The lowest BCUT2D eigenvalue weighted by Crippen LogP contribution is -2.36. The van der Waals surface area contributed by atoms with Crippen LogP contribution in [0.25, 0.3) is 0 Å². The van der Waals surface area contributed by atoms with Crippen molar-refractivity contribution in [3.8, 4) is 0 Å². The van der Waals surface area contributed by atoms with E-state index < -0.39 is 0 Å². The summed E-state index contributed by atoms with van der Waals surface area (Å²) in [7, 11) is 0. The molecule has 1 aliphatic heterocycles. The third-order valence-electron chi connectivity index (χ3n) is 3.95. The minimum absolute atomic E-state index is 0.769. The van der Waals surface area contributed by atoms with Crippen molar-refractivity contribution in [2.75, 3.05) is 6.54 Å². The summed E-state index contributed by atoms with van der Waals surface area (Å²) in [5.41, 5.74) is 0. The van der Waals surface area contributed by atoms with Gasteiger partial charge in [-0.05, 0) is 51.5 Å². The molecule has 1 saturated carbocycles. The Morgan fingerprint density at radius 2 is 1.92 bits per heavy atom. The highest BCUT2D eigenvalue weighted by Gasteiger charge is 2.42. The van der Waals surface area contributed by atoms with E-state index in [0.29, 0.717) is 0 Å². The predicted molar refractivity (Wildman–Crippen MR) is 52.1 cm³/mol. The van der Waals surface area contributed by atoms with Crippen LogP contribution in [0.4, 0.5) is 0 Å². The fourth-order valence-electron chi connectivity index (χ4n) is 3.23. The molecule has 3 unspecified atom stereocenters. The molecule has 1 aliphatic carbocycles. The van der Waals surface area contributed by atoms with E-state index in [2.05, 4.69) is 25.7 Å². The summed E-state index contributed by atoms with van der Waals surface area (Å²) in [5, 5.41) is 0. The lowest BCUT2D eigenvalue weighted by molar-refractivity contribution is 0.191. The van der Waals surface area contributed by atoms with Gasteiger partial charge in [-0.3, -0.25) is 4.90 Å². The molecule has 0 aromatic heterocycles. The molecule has 0 aromatic rings. The summed E-state index contributed by atoms with van der Waals surface area (Å²) in [5.74, 6) is 2.03. The van der Waals surface area contributed by atoms with Crippen molar-refractivity contribution >= 4 is 0 Å². The predicted octanol–water partition coefficient (Wildman–Crippen LogP) is 2.52. The number of hydrogen-bond donors (Lipinski definition) is 0. The van der Waals surface area contributed by atoms with Crippen molar-refractivity contribution in [3.05, 3.63) is 0 Å². The Hall–Kier alpha value is -0.0400. The zero-order valence-electron chi connectivity index (χ0n) is 8.59. The second-order valence-corrected chi connectivity index (χ2v) is 4.91. The number of hydrogen-bond acceptors (Lipinski definition) is 1. The SMILES string of the molecule is CC1CCC2C1CCN2C(C)C. The minimum atomic E-state index is 0.769. The molecular formula is C11H21N. The molecule has 0 amide bonds. The van der Waals surface area contributed by atoms with E-state index in [4.69, 9.17) is 0 Å². The van der Waals surface area contributed by atoms with Crippen LogP contribution in [-0.2, 0) is 0 Å². The van der Waals surface area contributed by atoms with Crippen molar-refractivity contribution < 1.29 is 0 Å². The molecular weight excluding hydrogens is 146 g/mol. The van der Waals surface area contributed by atoms with Crippen LogP contribution in [0, 0.1) is 11.8 Å². The Kier molecular flexibility index (Phi) is 2.16. The first-order chi connectivity index (χ1) is 5.70. The molecule has 12 heavy (non-hydrogen) atoms. The van der Waals surface area contributed by atoms with Gasteiger partial charge in [0.15, 0.2) is 0 Å². The monoisotopic (exact) mass is 167 g/mol. The van der Waals surface area contributed by atoms with E-state index >= 15 is 0 Å². The molecule has 0 radical (unpaired) electrons. The molecule has 1 heteroatoms. The minimum Gasteiger partial charge on any atom is -0.298 e. The maximum absolute atomic E-state index is 2.72. The van der Waals surface area contributed by atoms with Gasteiger partial charge in [0.2, 0.25) is 0 Å². The molecule has 0 N–H and O–H groups in total. The smallest absolute Gasteiger partial charge is 0.0129 e. The fourth-order valence-corrected chi connectivity index (χ4v) is 3.23. The molecule has 1 nitrogen and oxygen atoms in total. The van der Waals surface area contributed by atoms with Crippen LogP contribution < -0.4 is 0 Å². The largest absolute Gasteiger partial charge is 0.298 e. The quantitative estimate of drug-likeness (QED) is 0.580. The third kappa shape index (κ3) is 1.19. The van der Waals surface area contributed by atoms with Crippen LogP contribution in [0.5, 0.6) is 0 Å². The van der Waals surface area contributed by atoms with Gasteiger partial charge in [0.1, 0.15) is 0 Å². The van der Waals surface area contributed by atoms with Crippen LogP contribution in [-0.4, -0.2) is 23.5 Å². The first-order valence-electron chi connectivity index (χ1n) is 5.46. The van der Waals surface area contributed by atoms with Crippen molar-refractivity contribution in [3.63, 3.8) is 0 Å². The number of likely N-dealkylation sites (tertiary alicyclic amines) is 1. The van der Waals surface area contributed by atoms with Gasteiger partial charge in [0.05, 0.1) is 0 Å². The van der Waals surface area contributed by atoms with Crippen LogP contribution in [0.3, 0.4) is 0 Å². The zero-order chi connectivity index (χ0) is 8.72. The molecule has 3 atom stereocenters. The molecule has 1 saturated heterocycles. The average Bonchev–Trinajstić information content (AvgIpc) is 2.53. The number of fused-ring (bicyclic) bond motifs is 1. The van der Waals surface area contributed by atoms with Gasteiger partial charge in [0, 0.05) is 12.1 Å². The Bertz CT molecular complexity index is 164. The summed E-state index contributed by atoms with van der Waals surface area (Å²) in [4.78, 5) is 2.72. The van der Waals surface area contributed by atoms with Crippen molar-refractivity contribution in [2.45, 2.75) is 52.1 Å². The Morgan fingerprint density at radius 3 is 2.58 bits per heavy atom. The Balaban J connectivity index is 2.05. The van der Waals surface area contributed by atoms with Crippen molar-refractivity contribution in [1.29, 1.82) is 0 Å². The highest BCUT2D eigenvalue weighted by molar-refractivity contribution is 4.95. The summed E-state index contributed by atoms with van der Waals surface area (Å²) in [6, 6.07) is 1.71. The van der Waals surface area contributed by atoms with Gasteiger partial charge < -0.3 is 0 Å². The lowest BCUT2D eigenvalue weighted by atomic mass is 9.95. The second kappa shape index (κ2) is 3.02. The average molecular weight is 167 g/mol. The van der Waals surface area contributed by atoms with E-state index in [-0.39, 0.29) is 0 Å². The summed E-state index contributed by atoms with van der Waals surface area (Å²) in [6.45, 7) is 8.47. The van der Waals surface area contributed by atoms with E-state index in [1.54, 1.807) is 0 Å². The molecule has 2 aliphatic rings. The van der Waals surface area contributed by atoms with Gasteiger partial charge in [0.25, 0.3) is 0 Å². The maximum Gasteiger partial charge on any atom is 0.0129 e. The first-order valence-corrected chi connectivity index (χ1v) is 5.46. The van der Waals surface area contributed by atoms with E-state index in [1.165, 1.54) is 25.8 Å². The van der Waals surface area contributed by atoms with Crippen LogP contribution >= 0.6 is 0 Å². The lowest BCUT2D eigenvalue weighted by Gasteiger charge is -2.27. The second-order valence-electron chi connectivity index (χ2n) is 4.91. The molecule has 1 heterocycles. The van der Waals surface area contributed by atoms with Crippen LogP contribution in [0.1, 0.15) is 40.0 Å². The van der Waals surface area contributed by atoms with Gasteiger partial charge in [-0.1, -0.05) is 6.92 Å². The molecule has 2 fully saturated rings. The highest BCUT2D eigenvalue weighted by atomic mass is 15.2. The Morgan fingerprint density at radius 1 is 1.17 bits per heavy atom. The number of rotatable bonds is 1. The molecule has 0 bridgehead atoms. The topological polar surface area (TPSA) is 3.24 Å². The van der Waals surface area contributed by atoms with Crippen molar-refractivity contribution in [1.82, 2.24) is 4.90 Å². The van der Waals surface area contributed by atoms with Crippen LogP contribution in [0.2, 0.25) is 0 Å². The molecule has 0 spiro atoms. The summed E-state index contributed by atoms with van der Waals surface area (Å²) < 4.78 is 0. The van der Waals surface area contributed by atoms with Gasteiger partial charge >= 0.3 is 0 Å². The fraction of sp³-hybridized carbons (Fsp3) is 1.00. The van der Waals surface area contributed by atoms with Gasteiger partial charge in [-0.25, -0.2) is 0 Å². The van der Waals surface area contributed by atoms with E-state index in [0.717, 1.165) is 23.9 Å². The maximum atomic E-state index is 2.72. The highest BCUT2D eigenvalue weighted by Crippen LogP contribution is 2.42. The summed E-state index contributed by atoms with van der Waals surface area (Å²) in [6.07, 6.45) is 4.40.